The van der Waals surface area contributed by atoms with Crippen LogP contribution in [-0.2, 0) is 50.0 Å². The van der Waals surface area contributed by atoms with Crippen molar-refractivity contribution in [1.29, 1.82) is 0 Å². The fraction of sp³-hybridized carbons (Fsp3) is 0.300. The van der Waals surface area contributed by atoms with Crippen LogP contribution in [0, 0.1) is 17.6 Å². The second-order valence-corrected chi connectivity index (χ2v) is 16.3. The molecule has 0 saturated carbocycles. The Labute approximate surface area is 413 Å². The lowest BCUT2D eigenvalue weighted by Gasteiger charge is -2.35. The number of aromatic carboxylic acids is 1. The van der Waals surface area contributed by atoms with Gasteiger partial charge in [-0.05, 0) is 79.3 Å². The summed E-state index contributed by atoms with van der Waals surface area (Å²) >= 11 is 0. The van der Waals surface area contributed by atoms with Gasteiger partial charge in [0.15, 0.2) is 0 Å². The lowest BCUT2D eigenvalue weighted by molar-refractivity contribution is -0.145. The van der Waals surface area contributed by atoms with Gasteiger partial charge in [0.1, 0.15) is 36.5 Å². The summed E-state index contributed by atoms with van der Waals surface area (Å²) in [6, 6.07) is 22.7. The standard InChI is InChI=1S/C49H54F2N8O9.CH2O2.H3N/c1-2-57-28-38(47(63)64)45(61)37-25-39(51)43(26-42(37)57)58-19-21-59(22-20-58)49(66)68-30-33-12-16-36(17-13-33)56-46(62)41(9-6-18-54-48(53)65)55-27-40(52)34(23-31-10-14-35(50)15-11-31)24-44(60)67-29-32-7-4-3-5-8-32;2-1-3;/h3-5,7-8,10-17,25-28,34,41,55H,2,6,9,18-24,29-30,52H2,1H3,(H,56,62)(H,63,64)(H3,53,54,65);1H,(H,2,3);1H3/b40-27-;;/t34-,41+;;/m1../s1. The van der Waals surface area contributed by atoms with Crippen LogP contribution in [0.2, 0.25) is 0 Å². The van der Waals surface area contributed by atoms with E-state index in [0.717, 1.165) is 17.2 Å². The Morgan fingerprint density at radius 1 is 0.861 bits per heavy atom. The van der Waals surface area contributed by atoms with E-state index < -0.39 is 64.6 Å². The Morgan fingerprint density at radius 2 is 1.49 bits per heavy atom. The highest BCUT2D eigenvalue weighted by molar-refractivity contribution is 5.95. The third-order valence-corrected chi connectivity index (χ3v) is 11.4. The molecule has 1 aromatic heterocycles. The highest BCUT2D eigenvalue weighted by Gasteiger charge is 2.26. The highest BCUT2D eigenvalue weighted by Crippen LogP contribution is 2.27. The van der Waals surface area contributed by atoms with Crippen molar-refractivity contribution in [3.63, 3.8) is 0 Å². The Hall–Kier alpha value is -8.53. The van der Waals surface area contributed by atoms with Gasteiger partial charge in [-0.1, -0.05) is 54.6 Å². The number of benzene rings is 4. The van der Waals surface area contributed by atoms with Crippen LogP contribution in [0.25, 0.3) is 10.9 Å². The van der Waals surface area contributed by atoms with E-state index in [4.69, 9.17) is 30.8 Å². The molecule has 1 saturated heterocycles. The molecule has 0 aliphatic carbocycles. The van der Waals surface area contributed by atoms with Gasteiger partial charge in [0.25, 0.3) is 6.47 Å². The second-order valence-electron chi connectivity index (χ2n) is 16.3. The van der Waals surface area contributed by atoms with Gasteiger partial charge in [-0.2, -0.15) is 0 Å². The van der Waals surface area contributed by atoms with Crippen LogP contribution in [0.3, 0.4) is 0 Å². The molecule has 1 aliphatic rings. The maximum Gasteiger partial charge on any atom is 0.410 e. The number of ether oxygens (including phenoxy) is 2. The molecular weight excluding hydrogens is 941 g/mol. The van der Waals surface area contributed by atoms with E-state index in [2.05, 4.69) is 16.0 Å². The fourth-order valence-corrected chi connectivity index (χ4v) is 7.67. The van der Waals surface area contributed by atoms with E-state index in [9.17, 15) is 38.3 Å². The van der Waals surface area contributed by atoms with Gasteiger partial charge in [-0.3, -0.25) is 19.2 Å². The Morgan fingerprint density at radius 3 is 2.11 bits per heavy atom. The van der Waals surface area contributed by atoms with Crippen molar-refractivity contribution in [3.05, 3.63) is 153 Å². The van der Waals surface area contributed by atoms with Gasteiger partial charge in [-0.15, -0.1) is 0 Å². The smallest absolute Gasteiger partial charge is 0.410 e. The number of pyridine rings is 1. The summed E-state index contributed by atoms with van der Waals surface area (Å²) in [5, 5.41) is 24.8. The quantitative estimate of drug-likeness (QED) is 0.0273. The molecule has 12 N–H and O–H groups in total. The number of allylic oxidation sites excluding steroid dienone is 1. The van der Waals surface area contributed by atoms with Gasteiger partial charge < -0.3 is 67.6 Å². The number of primary amides is 1. The number of hydrogen-bond acceptors (Lipinski definition) is 13. The maximum atomic E-state index is 15.4. The molecule has 2 atom stereocenters. The number of aromatic nitrogens is 1. The summed E-state index contributed by atoms with van der Waals surface area (Å²) in [6.07, 6.45) is 2.94. The van der Waals surface area contributed by atoms with Gasteiger partial charge in [0.05, 0.1) is 17.6 Å². The number of fused-ring (bicyclic) bond motifs is 1. The number of nitrogens with two attached hydrogens (primary N) is 2. The van der Waals surface area contributed by atoms with Crippen molar-refractivity contribution in [2.24, 2.45) is 17.4 Å². The minimum Gasteiger partial charge on any atom is -0.483 e. The van der Waals surface area contributed by atoms with Crippen molar-refractivity contribution >= 4 is 58.7 Å². The number of amides is 4. The number of carbonyl (C=O) groups is 6. The molecule has 1 fully saturated rings. The second kappa shape index (κ2) is 27.6. The van der Waals surface area contributed by atoms with Crippen molar-refractivity contribution in [1.82, 2.24) is 26.3 Å². The molecule has 384 valence electrons. The van der Waals surface area contributed by atoms with Crippen LogP contribution in [0.4, 0.5) is 29.7 Å². The van der Waals surface area contributed by atoms with E-state index in [1.54, 1.807) is 52.8 Å². The number of piperazine rings is 1. The zero-order valence-corrected chi connectivity index (χ0v) is 39.6. The van der Waals surface area contributed by atoms with Crippen LogP contribution in [0.1, 0.15) is 53.2 Å². The Kier molecular flexibility index (Phi) is 21.5. The summed E-state index contributed by atoms with van der Waals surface area (Å²) in [5.74, 6) is -3.99. The van der Waals surface area contributed by atoms with E-state index >= 15 is 4.39 Å². The largest absolute Gasteiger partial charge is 0.483 e. The molecule has 5 aromatic rings. The number of anilines is 2. The molecular formula is C50H59F2N9O11. The number of urea groups is 1. The molecule has 20 nitrogen and oxygen atoms in total. The number of esters is 1. The first-order valence-electron chi connectivity index (χ1n) is 22.5. The number of carbonyl (C=O) groups excluding carboxylic acids is 4. The number of aryl methyl sites for hydroxylation is 1. The number of hydrogen-bond donors (Lipinski definition) is 8. The molecule has 0 spiro atoms. The number of halogens is 2. The monoisotopic (exact) mass is 999 g/mol. The molecule has 1 aliphatic heterocycles. The Bertz CT molecular complexity index is 2730. The Balaban J connectivity index is 0.00000274. The minimum absolute atomic E-state index is 0. The van der Waals surface area contributed by atoms with Crippen molar-refractivity contribution in [2.75, 3.05) is 42.9 Å². The summed E-state index contributed by atoms with van der Waals surface area (Å²) < 4.78 is 41.8. The number of rotatable bonds is 20. The summed E-state index contributed by atoms with van der Waals surface area (Å²) in [5.41, 5.74) is 14.1. The number of carboxylic acid groups (broad SMARTS) is 2. The van der Waals surface area contributed by atoms with Gasteiger partial charge >= 0.3 is 24.1 Å². The average Bonchev–Trinajstić information content (AvgIpc) is 3.36. The third kappa shape index (κ3) is 16.3. The van der Waals surface area contributed by atoms with Crippen LogP contribution in [0.15, 0.2) is 114 Å². The number of nitrogens with zero attached hydrogens (tertiary/aromatic N) is 3. The van der Waals surface area contributed by atoms with E-state index in [0.29, 0.717) is 29.7 Å². The van der Waals surface area contributed by atoms with Crippen LogP contribution >= 0.6 is 0 Å². The molecule has 2 heterocycles. The van der Waals surface area contributed by atoms with Crippen molar-refractivity contribution < 1.29 is 57.2 Å². The molecule has 4 aromatic carbocycles. The lowest BCUT2D eigenvalue weighted by Crippen LogP contribution is -2.49. The zero-order valence-electron chi connectivity index (χ0n) is 39.6. The molecule has 0 unspecified atom stereocenters. The van der Waals surface area contributed by atoms with E-state index in [1.165, 1.54) is 35.5 Å². The average molecular weight is 1000 g/mol. The topological polar surface area (TPSA) is 313 Å². The summed E-state index contributed by atoms with van der Waals surface area (Å²) in [7, 11) is 0. The molecule has 72 heavy (non-hydrogen) atoms. The third-order valence-electron chi connectivity index (χ3n) is 11.4. The van der Waals surface area contributed by atoms with E-state index in [1.807, 2.05) is 30.3 Å². The first-order valence-corrected chi connectivity index (χ1v) is 22.5. The molecule has 0 radical (unpaired) electrons. The van der Waals surface area contributed by atoms with Crippen molar-refractivity contribution in [3.8, 4) is 0 Å². The molecule has 6 rings (SSSR count). The molecule has 22 heteroatoms. The van der Waals surface area contributed by atoms with E-state index in [-0.39, 0.29) is 94.6 Å². The maximum absolute atomic E-state index is 15.4. The molecule has 0 bridgehead atoms. The SMILES string of the molecule is CCn1cc(C(=O)O)c(=O)c2cc(F)c(N3CCN(C(=O)OCc4ccc(NC(=O)[C@H](CCCNC(N)=O)N/C=C(\N)[C@@H](CC(=O)OCc5ccccc5)Cc5ccc(F)cc5)cc4)CC3)cc21.N.O=CO. The zero-order chi connectivity index (χ0) is 51.5. The fourth-order valence-electron chi connectivity index (χ4n) is 7.67. The highest BCUT2D eigenvalue weighted by atomic mass is 19.1. The predicted octanol–water partition coefficient (Wildman–Crippen LogP) is 5.46. The van der Waals surface area contributed by atoms with Gasteiger partial charge in [0, 0.05) is 74.4 Å². The number of nitrogens with one attached hydrogen (secondary N) is 3. The predicted molar refractivity (Wildman–Crippen MR) is 264 cm³/mol. The van der Waals surface area contributed by atoms with Gasteiger partial charge in [-0.25, -0.2) is 23.2 Å². The van der Waals surface area contributed by atoms with Crippen LogP contribution in [-0.4, -0.2) is 94.9 Å². The van der Waals surface area contributed by atoms with Crippen LogP contribution < -0.4 is 43.9 Å². The lowest BCUT2D eigenvalue weighted by atomic mass is 9.93. The summed E-state index contributed by atoms with van der Waals surface area (Å²) in [6.45, 7) is 3.10. The first-order chi connectivity index (χ1) is 34.1. The van der Waals surface area contributed by atoms with Crippen molar-refractivity contribution in [2.45, 2.75) is 58.4 Å². The molecule has 4 amide bonds. The van der Waals surface area contributed by atoms with Crippen LogP contribution in [0.5, 0.6) is 0 Å². The van der Waals surface area contributed by atoms with Gasteiger partial charge in [0.2, 0.25) is 11.3 Å². The summed E-state index contributed by atoms with van der Waals surface area (Å²) in [4.78, 5) is 87.1. The first kappa shape index (κ1) is 56.1. The minimum atomic E-state index is -1.39. The number of carboxylic acids is 1. The normalized spacial score (nSPS) is 13.0.